The molecule has 1 aliphatic carbocycles. The number of nitrogens with zero attached hydrogens (tertiary/aromatic N) is 4. The minimum absolute atomic E-state index is 0.0561. The van der Waals surface area contributed by atoms with Crippen LogP contribution in [0.3, 0.4) is 0 Å². The van der Waals surface area contributed by atoms with Gasteiger partial charge in [-0.25, -0.2) is 9.97 Å². The predicted octanol–water partition coefficient (Wildman–Crippen LogP) is 2.23. The van der Waals surface area contributed by atoms with Crippen molar-refractivity contribution < 1.29 is 0 Å². The lowest BCUT2D eigenvalue weighted by Crippen LogP contribution is -2.34. The molecule has 1 unspecified atom stereocenters. The van der Waals surface area contributed by atoms with Gasteiger partial charge in [0.1, 0.15) is 5.82 Å². The SMILES string of the molecule is O=c1[nH]c(C2CCCN2c2nccn(CC3CC3)c2=O)nc2ccccc12. The second-order valence-corrected chi connectivity index (χ2v) is 7.47. The van der Waals surface area contributed by atoms with Gasteiger partial charge in [-0.15, -0.1) is 0 Å². The van der Waals surface area contributed by atoms with Crippen molar-refractivity contribution >= 4 is 16.7 Å². The average Bonchev–Trinajstić information content (AvgIpc) is 3.36. The first-order chi connectivity index (χ1) is 13.2. The van der Waals surface area contributed by atoms with Crippen molar-refractivity contribution in [2.45, 2.75) is 38.3 Å². The molecule has 27 heavy (non-hydrogen) atoms. The van der Waals surface area contributed by atoms with Crippen LogP contribution in [0.4, 0.5) is 5.82 Å². The molecule has 0 spiro atoms. The maximum absolute atomic E-state index is 12.9. The number of aromatic amines is 1. The summed E-state index contributed by atoms with van der Waals surface area (Å²) in [5.74, 6) is 1.68. The van der Waals surface area contributed by atoms with Crippen LogP contribution in [-0.4, -0.2) is 26.1 Å². The number of H-pyrrole nitrogens is 1. The third-order valence-corrected chi connectivity index (χ3v) is 5.52. The minimum atomic E-state index is -0.144. The molecule has 2 fully saturated rings. The van der Waals surface area contributed by atoms with Crippen molar-refractivity contribution in [2.75, 3.05) is 11.4 Å². The highest BCUT2D eigenvalue weighted by Gasteiger charge is 2.32. The van der Waals surface area contributed by atoms with Crippen LogP contribution in [0, 0.1) is 5.92 Å². The van der Waals surface area contributed by atoms with E-state index < -0.39 is 0 Å². The fraction of sp³-hybridized carbons (Fsp3) is 0.400. The van der Waals surface area contributed by atoms with Crippen molar-refractivity contribution in [3.05, 3.63) is 63.2 Å². The lowest BCUT2D eigenvalue weighted by Gasteiger charge is -2.24. The number of anilines is 1. The monoisotopic (exact) mass is 363 g/mol. The van der Waals surface area contributed by atoms with E-state index in [1.807, 2.05) is 23.1 Å². The summed E-state index contributed by atoms with van der Waals surface area (Å²) in [5, 5.41) is 0.579. The quantitative estimate of drug-likeness (QED) is 0.768. The third-order valence-electron chi connectivity index (χ3n) is 5.52. The highest BCUT2D eigenvalue weighted by atomic mass is 16.1. The number of rotatable bonds is 4. The van der Waals surface area contributed by atoms with Gasteiger partial charge in [-0.05, 0) is 43.7 Å². The lowest BCUT2D eigenvalue weighted by molar-refractivity contribution is 0.592. The lowest BCUT2D eigenvalue weighted by atomic mass is 10.2. The van der Waals surface area contributed by atoms with Crippen LogP contribution in [0.2, 0.25) is 0 Å². The zero-order valence-electron chi connectivity index (χ0n) is 15.0. The molecule has 2 aliphatic rings. The first-order valence-electron chi connectivity index (χ1n) is 9.52. The summed E-state index contributed by atoms with van der Waals surface area (Å²) in [7, 11) is 0. The molecule has 7 heteroatoms. The molecule has 1 aliphatic heterocycles. The second kappa shape index (κ2) is 6.33. The highest BCUT2D eigenvalue weighted by Crippen LogP contribution is 2.33. The van der Waals surface area contributed by atoms with Crippen molar-refractivity contribution in [2.24, 2.45) is 5.92 Å². The van der Waals surface area contributed by atoms with E-state index in [1.54, 1.807) is 23.0 Å². The molecule has 0 amide bonds. The van der Waals surface area contributed by atoms with E-state index in [9.17, 15) is 9.59 Å². The number of benzene rings is 1. The summed E-state index contributed by atoms with van der Waals surface area (Å²) in [4.78, 5) is 39.4. The molecule has 138 valence electrons. The van der Waals surface area contributed by atoms with Gasteiger partial charge in [0.25, 0.3) is 11.1 Å². The van der Waals surface area contributed by atoms with E-state index in [0.29, 0.717) is 28.5 Å². The summed E-state index contributed by atoms with van der Waals surface area (Å²) in [5.41, 5.74) is 0.476. The standard InChI is InChI=1S/C20H21N5O2/c26-19-14-4-1-2-5-15(14)22-17(23-19)16-6-3-10-25(16)18-20(27)24(11-9-21-18)12-13-7-8-13/h1-2,4-5,9,11,13,16H,3,6-8,10,12H2,(H,22,23,26). The molecule has 3 heterocycles. The molecule has 0 bridgehead atoms. The molecule has 1 saturated heterocycles. The van der Waals surface area contributed by atoms with E-state index in [2.05, 4.69) is 15.0 Å². The number of hydrogen-bond donors (Lipinski definition) is 1. The van der Waals surface area contributed by atoms with Gasteiger partial charge < -0.3 is 14.5 Å². The summed E-state index contributed by atoms with van der Waals surface area (Å²) >= 11 is 0. The Morgan fingerprint density at radius 1 is 1.15 bits per heavy atom. The molecule has 1 saturated carbocycles. The second-order valence-electron chi connectivity index (χ2n) is 7.47. The number of fused-ring (bicyclic) bond motifs is 1. The average molecular weight is 363 g/mol. The van der Waals surface area contributed by atoms with E-state index in [0.717, 1.165) is 25.9 Å². The van der Waals surface area contributed by atoms with Gasteiger partial charge in [0.2, 0.25) is 0 Å². The predicted molar refractivity (Wildman–Crippen MR) is 103 cm³/mol. The summed E-state index contributed by atoms with van der Waals surface area (Å²) in [6.45, 7) is 1.49. The zero-order chi connectivity index (χ0) is 18.4. The Labute approximate surface area is 155 Å². The molecular weight excluding hydrogens is 342 g/mol. The van der Waals surface area contributed by atoms with Gasteiger partial charge in [0, 0.05) is 25.5 Å². The number of aromatic nitrogens is 4. The van der Waals surface area contributed by atoms with Gasteiger partial charge >= 0.3 is 0 Å². The topological polar surface area (TPSA) is 83.9 Å². The van der Waals surface area contributed by atoms with Gasteiger partial charge in [-0.2, -0.15) is 0 Å². The van der Waals surface area contributed by atoms with Gasteiger partial charge in [0.05, 0.1) is 16.9 Å². The summed E-state index contributed by atoms with van der Waals surface area (Å²) in [6, 6.07) is 7.18. The Morgan fingerprint density at radius 3 is 2.85 bits per heavy atom. The van der Waals surface area contributed by atoms with E-state index in [-0.39, 0.29) is 17.2 Å². The maximum Gasteiger partial charge on any atom is 0.293 e. The largest absolute Gasteiger partial charge is 0.342 e. The Bertz CT molecular complexity index is 1120. The van der Waals surface area contributed by atoms with Crippen LogP contribution < -0.4 is 16.0 Å². The van der Waals surface area contributed by atoms with Crippen LogP contribution in [0.5, 0.6) is 0 Å². The molecule has 2 aromatic heterocycles. The van der Waals surface area contributed by atoms with Crippen molar-refractivity contribution in [1.29, 1.82) is 0 Å². The van der Waals surface area contributed by atoms with Gasteiger partial charge in [0.15, 0.2) is 5.82 Å². The summed E-state index contributed by atoms with van der Waals surface area (Å²) < 4.78 is 1.77. The Morgan fingerprint density at radius 2 is 2.00 bits per heavy atom. The maximum atomic E-state index is 12.9. The smallest absolute Gasteiger partial charge is 0.293 e. The van der Waals surface area contributed by atoms with Crippen LogP contribution in [-0.2, 0) is 6.54 Å². The normalized spacial score (nSPS) is 19.7. The third kappa shape index (κ3) is 2.93. The Balaban J connectivity index is 1.54. The van der Waals surface area contributed by atoms with Crippen molar-refractivity contribution in [1.82, 2.24) is 19.5 Å². The number of hydrogen-bond acceptors (Lipinski definition) is 5. The molecule has 7 nitrogen and oxygen atoms in total. The number of para-hydroxylation sites is 1. The molecule has 1 atom stereocenters. The molecule has 1 aromatic carbocycles. The zero-order valence-corrected chi connectivity index (χ0v) is 15.0. The first kappa shape index (κ1) is 16.2. The fourth-order valence-electron chi connectivity index (χ4n) is 3.92. The highest BCUT2D eigenvalue weighted by molar-refractivity contribution is 5.77. The molecule has 3 aromatic rings. The van der Waals surface area contributed by atoms with Gasteiger partial charge in [-0.1, -0.05) is 12.1 Å². The van der Waals surface area contributed by atoms with E-state index in [4.69, 9.17) is 0 Å². The van der Waals surface area contributed by atoms with E-state index in [1.165, 1.54) is 12.8 Å². The first-order valence-corrected chi connectivity index (χ1v) is 9.52. The Kier molecular flexibility index (Phi) is 3.81. The van der Waals surface area contributed by atoms with Crippen molar-refractivity contribution in [3.8, 4) is 0 Å². The van der Waals surface area contributed by atoms with Crippen LogP contribution in [0.25, 0.3) is 10.9 Å². The van der Waals surface area contributed by atoms with Crippen LogP contribution in [0.15, 0.2) is 46.2 Å². The Hall–Kier alpha value is -2.96. The minimum Gasteiger partial charge on any atom is -0.342 e. The molecule has 1 N–H and O–H groups in total. The molecule has 0 radical (unpaired) electrons. The summed E-state index contributed by atoms with van der Waals surface area (Å²) in [6.07, 6.45) is 7.62. The van der Waals surface area contributed by atoms with Gasteiger partial charge in [-0.3, -0.25) is 9.59 Å². The number of nitrogens with one attached hydrogen (secondary N) is 1. The van der Waals surface area contributed by atoms with Crippen LogP contribution in [0.1, 0.15) is 37.5 Å². The van der Waals surface area contributed by atoms with Crippen LogP contribution >= 0.6 is 0 Å². The fourth-order valence-corrected chi connectivity index (χ4v) is 3.92. The van der Waals surface area contributed by atoms with E-state index >= 15 is 0 Å². The van der Waals surface area contributed by atoms with Crippen molar-refractivity contribution in [3.63, 3.8) is 0 Å². The molecule has 5 rings (SSSR count). The molecular formula is C20H21N5O2.